The van der Waals surface area contributed by atoms with Crippen LogP contribution in [-0.4, -0.2) is 0 Å². The average molecular weight is 277 g/mol. The predicted octanol–water partition coefficient (Wildman–Crippen LogP) is 5.52. The van der Waals surface area contributed by atoms with Crippen LogP contribution >= 0.6 is 11.3 Å². The summed E-state index contributed by atoms with van der Waals surface area (Å²) in [6.07, 6.45) is 3.38. The van der Waals surface area contributed by atoms with E-state index in [1.807, 2.05) is 0 Å². The molecule has 3 rings (SSSR count). The van der Waals surface area contributed by atoms with Gasteiger partial charge in [-0.2, -0.15) is 0 Å². The molecule has 1 heterocycles. The van der Waals surface area contributed by atoms with Gasteiger partial charge in [-0.1, -0.05) is 66.7 Å². The molecule has 0 atom stereocenters. The van der Waals surface area contributed by atoms with Crippen LogP contribution in [0.1, 0.15) is 28.3 Å². The lowest BCUT2D eigenvalue weighted by Crippen LogP contribution is -2.01. The van der Waals surface area contributed by atoms with Gasteiger partial charge in [0.1, 0.15) is 0 Å². The number of hydrogen-bond acceptors (Lipinski definition) is 1. The third-order valence-electron chi connectivity index (χ3n) is 3.50. The van der Waals surface area contributed by atoms with Gasteiger partial charge in [0.05, 0.1) is 0 Å². The Labute approximate surface area is 124 Å². The lowest BCUT2D eigenvalue weighted by molar-refractivity contribution is 0.803. The van der Waals surface area contributed by atoms with Crippen molar-refractivity contribution in [1.29, 1.82) is 0 Å². The minimum absolute atomic E-state index is 0.430. The van der Waals surface area contributed by atoms with Gasteiger partial charge >= 0.3 is 0 Å². The fourth-order valence-electron chi connectivity index (χ4n) is 2.48. The number of thiophene rings is 1. The summed E-state index contributed by atoms with van der Waals surface area (Å²) in [7, 11) is 0. The Balaban J connectivity index is 1.84. The van der Waals surface area contributed by atoms with E-state index in [0.717, 1.165) is 6.42 Å². The van der Waals surface area contributed by atoms with E-state index in [-0.39, 0.29) is 0 Å². The Morgan fingerprint density at radius 3 is 1.85 bits per heavy atom. The van der Waals surface area contributed by atoms with Gasteiger partial charge in [0.2, 0.25) is 0 Å². The van der Waals surface area contributed by atoms with E-state index in [1.54, 1.807) is 11.3 Å². The molecule has 0 fully saturated rings. The molecule has 0 nitrogen and oxygen atoms in total. The van der Waals surface area contributed by atoms with Crippen molar-refractivity contribution in [1.82, 2.24) is 0 Å². The molecule has 0 aliphatic heterocycles. The third-order valence-corrected chi connectivity index (χ3v) is 4.37. The minimum atomic E-state index is 0.430. The van der Waals surface area contributed by atoms with Crippen molar-refractivity contribution in [3.05, 3.63) is 101 Å². The molecule has 1 heteroatoms. The maximum atomic E-state index is 2.34. The van der Waals surface area contributed by atoms with E-state index in [9.17, 15) is 0 Å². The van der Waals surface area contributed by atoms with E-state index in [0.29, 0.717) is 5.92 Å². The molecule has 0 unspecified atom stereocenters. The standard InChI is InChI=1S/C19H17S/c1-3-8-16(9-4-1)19(17-10-5-2-6-11-17)14-13-18-12-7-15-20-18/h1-13,15,19H,14H2. The van der Waals surface area contributed by atoms with E-state index >= 15 is 0 Å². The van der Waals surface area contributed by atoms with Crippen molar-refractivity contribution in [3.63, 3.8) is 0 Å². The van der Waals surface area contributed by atoms with Crippen molar-refractivity contribution in [2.24, 2.45) is 0 Å². The third kappa shape index (κ3) is 3.17. The molecule has 20 heavy (non-hydrogen) atoms. The maximum Gasteiger partial charge on any atom is 0.00956 e. The first-order chi connectivity index (χ1) is 9.93. The summed E-state index contributed by atoms with van der Waals surface area (Å²) >= 11 is 1.80. The number of benzene rings is 2. The Bertz CT molecular complexity index is 572. The largest absolute Gasteiger partial charge is 0.149 e. The topological polar surface area (TPSA) is 0 Å². The van der Waals surface area contributed by atoms with Gasteiger partial charge in [-0.3, -0.25) is 0 Å². The van der Waals surface area contributed by atoms with Crippen LogP contribution in [0.4, 0.5) is 0 Å². The molecule has 0 N–H and O–H groups in total. The second kappa shape index (κ2) is 6.53. The van der Waals surface area contributed by atoms with Gasteiger partial charge in [-0.25, -0.2) is 0 Å². The molecule has 99 valence electrons. The second-order valence-corrected chi connectivity index (χ2v) is 5.81. The van der Waals surface area contributed by atoms with Gasteiger partial charge in [-0.15, -0.1) is 11.3 Å². The Morgan fingerprint density at radius 2 is 1.35 bits per heavy atom. The van der Waals surface area contributed by atoms with Gasteiger partial charge in [0.25, 0.3) is 0 Å². The highest BCUT2D eigenvalue weighted by Crippen LogP contribution is 2.30. The van der Waals surface area contributed by atoms with Crippen molar-refractivity contribution in [2.45, 2.75) is 12.3 Å². The van der Waals surface area contributed by atoms with Crippen LogP contribution in [0.3, 0.4) is 0 Å². The highest BCUT2D eigenvalue weighted by molar-refractivity contribution is 7.10. The predicted molar refractivity (Wildman–Crippen MR) is 87.1 cm³/mol. The molecule has 1 aromatic heterocycles. The molecule has 0 bridgehead atoms. The molecule has 0 amide bonds. The highest BCUT2D eigenvalue weighted by atomic mass is 32.1. The lowest BCUT2D eigenvalue weighted by Gasteiger charge is -2.17. The van der Waals surface area contributed by atoms with E-state index < -0.39 is 0 Å². The van der Waals surface area contributed by atoms with Crippen LogP contribution in [0.15, 0.2) is 78.2 Å². The first-order valence-electron chi connectivity index (χ1n) is 6.90. The molecule has 0 aliphatic rings. The Morgan fingerprint density at radius 1 is 0.750 bits per heavy atom. The van der Waals surface area contributed by atoms with Crippen molar-refractivity contribution in [2.75, 3.05) is 0 Å². The first-order valence-corrected chi connectivity index (χ1v) is 7.78. The summed E-state index contributed by atoms with van der Waals surface area (Å²) in [4.78, 5) is 1.35. The summed E-state index contributed by atoms with van der Waals surface area (Å²) in [5.41, 5.74) is 2.76. The van der Waals surface area contributed by atoms with Crippen molar-refractivity contribution in [3.8, 4) is 0 Å². The summed E-state index contributed by atoms with van der Waals surface area (Å²) < 4.78 is 0. The summed E-state index contributed by atoms with van der Waals surface area (Å²) in [5, 5.41) is 2.13. The smallest absolute Gasteiger partial charge is 0.00956 e. The number of hydrogen-bond donors (Lipinski definition) is 0. The van der Waals surface area contributed by atoms with E-state index in [4.69, 9.17) is 0 Å². The zero-order valence-corrected chi connectivity index (χ0v) is 12.1. The van der Waals surface area contributed by atoms with Gasteiger partial charge in [-0.05, 0) is 29.0 Å². The van der Waals surface area contributed by atoms with Crippen LogP contribution in [0.25, 0.3) is 0 Å². The van der Waals surface area contributed by atoms with Gasteiger partial charge in [0, 0.05) is 17.2 Å². The van der Waals surface area contributed by atoms with Crippen LogP contribution < -0.4 is 0 Å². The Kier molecular flexibility index (Phi) is 4.29. The molecule has 1 radical (unpaired) electrons. The molecule has 0 saturated heterocycles. The van der Waals surface area contributed by atoms with E-state index in [2.05, 4.69) is 84.6 Å². The number of rotatable bonds is 5. The van der Waals surface area contributed by atoms with Crippen LogP contribution in [0.5, 0.6) is 0 Å². The minimum Gasteiger partial charge on any atom is -0.149 e. The fourth-order valence-corrected chi connectivity index (χ4v) is 3.14. The molecular formula is C19H17S. The molecule has 2 aromatic carbocycles. The first kappa shape index (κ1) is 13.1. The molecular weight excluding hydrogens is 260 g/mol. The fraction of sp³-hybridized carbons (Fsp3) is 0.105. The quantitative estimate of drug-likeness (QED) is 0.576. The molecule has 3 aromatic rings. The van der Waals surface area contributed by atoms with Gasteiger partial charge in [0.15, 0.2) is 0 Å². The SMILES string of the molecule is [CH](CC(c1ccccc1)c1ccccc1)c1cccs1. The summed E-state index contributed by atoms with van der Waals surface area (Å²) in [6, 6.07) is 25.8. The second-order valence-electron chi connectivity index (χ2n) is 4.83. The summed E-state index contributed by atoms with van der Waals surface area (Å²) in [5.74, 6) is 0.430. The highest BCUT2D eigenvalue weighted by Gasteiger charge is 2.14. The van der Waals surface area contributed by atoms with Crippen LogP contribution in [0.2, 0.25) is 0 Å². The monoisotopic (exact) mass is 277 g/mol. The van der Waals surface area contributed by atoms with E-state index in [1.165, 1.54) is 16.0 Å². The summed E-state index contributed by atoms with van der Waals surface area (Å²) in [6.45, 7) is 0. The molecule has 0 aliphatic carbocycles. The van der Waals surface area contributed by atoms with Crippen LogP contribution in [-0.2, 0) is 0 Å². The Hall–Kier alpha value is -1.86. The van der Waals surface area contributed by atoms with Gasteiger partial charge < -0.3 is 0 Å². The lowest BCUT2D eigenvalue weighted by atomic mass is 9.87. The maximum absolute atomic E-state index is 2.34. The van der Waals surface area contributed by atoms with Crippen molar-refractivity contribution < 1.29 is 0 Å². The average Bonchev–Trinajstić information content (AvgIpc) is 3.03. The normalized spacial score (nSPS) is 10.8. The molecule has 0 spiro atoms. The van der Waals surface area contributed by atoms with Crippen molar-refractivity contribution >= 4 is 11.3 Å². The van der Waals surface area contributed by atoms with Crippen LogP contribution in [0, 0.1) is 6.42 Å². The zero-order chi connectivity index (χ0) is 13.6. The molecule has 0 saturated carbocycles. The zero-order valence-electron chi connectivity index (χ0n) is 11.3.